The summed E-state index contributed by atoms with van der Waals surface area (Å²) < 4.78 is 16.0. The Hall–Kier alpha value is -1.68. The zero-order valence-electron chi connectivity index (χ0n) is 9.69. The smallest absolute Gasteiger partial charge is 0.146 e. The Morgan fingerprint density at radius 2 is 2.06 bits per heavy atom. The molecule has 0 aliphatic heterocycles. The molecular weight excluding hydrogens is 295 g/mol. The molecular formula is C14H10BrFN2. The van der Waals surface area contributed by atoms with Crippen LogP contribution in [0.25, 0.3) is 16.9 Å². The highest BCUT2D eigenvalue weighted by Gasteiger charge is 2.11. The molecule has 18 heavy (non-hydrogen) atoms. The summed E-state index contributed by atoms with van der Waals surface area (Å²) in [5.74, 6) is 0.476. The van der Waals surface area contributed by atoms with Crippen molar-refractivity contribution in [2.45, 2.75) is 6.92 Å². The van der Waals surface area contributed by atoms with Crippen LogP contribution in [0.2, 0.25) is 0 Å². The fraction of sp³-hybridized carbons (Fsp3) is 0.0714. The summed E-state index contributed by atoms with van der Waals surface area (Å²) in [7, 11) is 0. The van der Waals surface area contributed by atoms with E-state index >= 15 is 0 Å². The lowest BCUT2D eigenvalue weighted by atomic mass is 10.2. The first-order valence-electron chi connectivity index (χ1n) is 5.55. The second-order valence-corrected chi connectivity index (χ2v) is 4.95. The Kier molecular flexibility index (Phi) is 2.67. The van der Waals surface area contributed by atoms with Crippen LogP contribution in [0.5, 0.6) is 0 Å². The predicted octanol–water partition coefficient (Wildman–Crippen LogP) is 4.21. The van der Waals surface area contributed by atoms with Crippen molar-refractivity contribution in [2.75, 3.05) is 0 Å². The lowest BCUT2D eigenvalue weighted by molar-refractivity contribution is 0.628. The maximum absolute atomic E-state index is 13.3. The number of nitrogens with zero attached hydrogens (tertiary/aromatic N) is 2. The molecule has 0 bridgehead atoms. The summed E-state index contributed by atoms with van der Waals surface area (Å²) in [6.45, 7) is 2.03. The molecule has 3 aromatic rings. The van der Waals surface area contributed by atoms with Gasteiger partial charge in [0.05, 0.1) is 5.52 Å². The maximum Gasteiger partial charge on any atom is 0.146 e. The molecule has 0 N–H and O–H groups in total. The minimum absolute atomic E-state index is 0.257. The summed E-state index contributed by atoms with van der Waals surface area (Å²) in [5.41, 5.74) is 2.91. The van der Waals surface area contributed by atoms with E-state index in [1.165, 1.54) is 12.1 Å². The quantitative estimate of drug-likeness (QED) is 0.658. The van der Waals surface area contributed by atoms with E-state index in [9.17, 15) is 4.39 Å². The van der Waals surface area contributed by atoms with E-state index in [-0.39, 0.29) is 5.82 Å². The molecule has 0 spiro atoms. The molecule has 0 fully saturated rings. The van der Waals surface area contributed by atoms with Crippen LogP contribution in [0.3, 0.4) is 0 Å². The third-order valence-electron chi connectivity index (χ3n) is 2.84. The number of pyridine rings is 1. The van der Waals surface area contributed by atoms with E-state index in [2.05, 4.69) is 20.9 Å². The molecule has 2 nitrogen and oxygen atoms in total. The van der Waals surface area contributed by atoms with Crippen LogP contribution in [0.4, 0.5) is 4.39 Å². The zero-order chi connectivity index (χ0) is 12.7. The van der Waals surface area contributed by atoms with Gasteiger partial charge < -0.3 is 0 Å². The van der Waals surface area contributed by atoms with E-state index in [1.807, 2.05) is 35.7 Å². The molecule has 2 aromatic heterocycles. The SMILES string of the molecule is Cc1ccn2c(-c3cccc(F)c3)nc(Br)c2c1. The first-order valence-corrected chi connectivity index (χ1v) is 6.34. The van der Waals surface area contributed by atoms with Crippen LogP contribution in [0, 0.1) is 12.7 Å². The molecule has 4 heteroatoms. The van der Waals surface area contributed by atoms with Gasteiger partial charge in [-0.15, -0.1) is 0 Å². The molecule has 3 rings (SSSR count). The Labute approximate surface area is 112 Å². The van der Waals surface area contributed by atoms with Crippen molar-refractivity contribution in [1.82, 2.24) is 9.38 Å². The van der Waals surface area contributed by atoms with E-state index < -0.39 is 0 Å². The maximum atomic E-state index is 13.3. The van der Waals surface area contributed by atoms with Crippen molar-refractivity contribution >= 4 is 21.4 Å². The molecule has 1 aromatic carbocycles. The van der Waals surface area contributed by atoms with Crippen LogP contribution in [-0.4, -0.2) is 9.38 Å². The van der Waals surface area contributed by atoms with Crippen LogP contribution >= 0.6 is 15.9 Å². The van der Waals surface area contributed by atoms with Crippen molar-refractivity contribution in [3.8, 4) is 11.4 Å². The van der Waals surface area contributed by atoms with Crippen LogP contribution < -0.4 is 0 Å². The third-order valence-corrected chi connectivity index (χ3v) is 3.42. The van der Waals surface area contributed by atoms with Crippen molar-refractivity contribution < 1.29 is 4.39 Å². The monoisotopic (exact) mass is 304 g/mol. The standard InChI is InChI=1S/C14H10BrFN2/c1-9-5-6-18-12(7-9)13(15)17-14(18)10-3-2-4-11(16)8-10/h2-8H,1H3. The molecule has 0 saturated heterocycles. The van der Waals surface area contributed by atoms with Gasteiger partial charge in [0.25, 0.3) is 0 Å². The van der Waals surface area contributed by atoms with Crippen LogP contribution in [0.15, 0.2) is 47.2 Å². The summed E-state index contributed by atoms with van der Waals surface area (Å²) in [4.78, 5) is 4.46. The molecule has 0 unspecified atom stereocenters. The predicted molar refractivity (Wildman–Crippen MR) is 73.0 cm³/mol. The zero-order valence-corrected chi connectivity index (χ0v) is 11.3. The summed E-state index contributed by atoms with van der Waals surface area (Å²) >= 11 is 3.44. The van der Waals surface area contributed by atoms with Gasteiger partial charge in [0.15, 0.2) is 0 Å². The van der Waals surface area contributed by atoms with Gasteiger partial charge in [-0.2, -0.15) is 0 Å². The average Bonchev–Trinajstić information content (AvgIpc) is 2.67. The van der Waals surface area contributed by atoms with Gasteiger partial charge in [0, 0.05) is 11.8 Å². The molecule has 0 amide bonds. The fourth-order valence-corrected chi connectivity index (χ4v) is 2.46. The number of hydrogen-bond donors (Lipinski definition) is 0. The first-order chi connectivity index (χ1) is 8.65. The highest BCUT2D eigenvalue weighted by Crippen LogP contribution is 2.26. The number of rotatable bonds is 1. The second-order valence-electron chi connectivity index (χ2n) is 4.20. The van der Waals surface area contributed by atoms with E-state index in [0.717, 1.165) is 27.1 Å². The molecule has 0 atom stereocenters. The molecule has 2 heterocycles. The van der Waals surface area contributed by atoms with Crippen molar-refractivity contribution in [3.05, 3.63) is 58.6 Å². The lowest BCUT2D eigenvalue weighted by Gasteiger charge is -2.02. The molecule has 0 saturated carbocycles. The minimum atomic E-state index is -0.257. The summed E-state index contributed by atoms with van der Waals surface area (Å²) in [5, 5.41) is 0. The normalized spacial score (nSPS) is 11.1. The number of aryl methyl sites for hydroxylation is 1. The van der Waals surface area contributed by atoms with Gasteiger partial charge in [-0.25, -0.2) is 9.37 Å². The largest absolute Gasteiger partial charge is 0.299 e. The number of benzene rings is 1. The number of halogens is 2. The minimum Gasteiger partial charge on any atom is -0.299 e. The number of fused-ring (bicyclic) bond motifs is 1. The Bertz CT molecular complexity index is 734. The van der Waals surface area contributed by atoms with E-state index in [0.29, 0.717) is 0 Å². The summed E-state index contributed by atoms with van der Waals surface area (Å²) in [6, 6.07) is 10.5. The lowest BCUT2D eigenvalue weighted by Crippen LogP contribution is -1.90. The Morgan fingerprint density at radius 1 is 1.22 bits per heavy atom. The topological polar surface area (TPSA) is 17.3 Å². The van der Waals surface area contributed by atoms with Crippen molar-refractivity contribution in [1.29, 1.82) is 0 Å². The van der Waals surface area contributed by atoms with Crippen molar-refractivity contribution in [2.24, 2.45) is 0 Å². The number of aromatic nitrogens is 2. The van der Waals surface area contributed by atoms with Crippen molar-refractivity contribution in [3.63, 3.8) is 0 Å². The molecule has 90 valence electrons. The van der Waals surface area contributed by atoms with Gasteiger partial charge in [-0.05, 0) is 52.7 Å². The number of imidazole rings is 1. The van der Waals surface area contributed by atoms with Gasteiger partial charge in [-0.1, -0.05) is 12.1 Å². The fourth-order valence-electron chi connectivity index (χ4n) is 1.98. The van der Waals surface area contributed by atoms with Crippen LogP contribution in [0.1, 0.15) is 5.56 Å². The van der Waals surface area contributed by atoms with Gasteiger partial charge in [0.2, 0.25) is 0 Å². The van der Waals surface area contributed by atoms with E-state index in [1.54, 1.807) is 6.07 Å². The highest BCUT2D eigenvalue weighted by molar-refractivity contribution is 9.10. The molecule has 0 aliphatic rings. The van der Waals surface area contributed by atoms with Gasteiger partial charge >= 0.3 is 0 Å². The Morgan fingerprint density at radius 3 is 2.83 bits per heavy atom. The van der Waals surface area contributed by atoms with Gasteiger partial charge in [-0.3, -0.25) is 4.40 Å². The van der Waals surface area contributed by atoms with E-state index in [4.69, 9.17) is 0 Å². The summed E-state index contributed by atoms with van der Waals surface area (Å²) in [6.07, 6.45) is 1.95. The van der Waals surface area contributed by atoms with Gasteiger partial charge in [0.1, 0.15) is 16.2 Å². The second kappa shape index (κ2) is 4.21. The highest BCUT2D eigenvalue weighted by atomic mass is 79.9. The van der Waals surface area contributed by atoms with Crippen LogP contribution in [-0.2, 0) is 0 Å². The number of hydrogen-bond acceptors (Lipinski definition) is 1. The average molecular weight is 305 g/mol. The molecule has 0 radical (unpaired) electrons. The molecule has 0 aliphatic carbocycles. The first kappa shape index (κ1) is 11.4. The Balaban J connectivity index is 2.30. The third kappa shape index (κ3) is 1.82.